The highest BCUT2D eigenvalue weighted by atomic mass is 32.2. The van der Waals surface area contributed by atoms with Crippen molar-refractivity contribution in [3.63, 3.8) is 0 Å². The minimum atomic E-state index is -3.37. The lowest BCUT2D eigenvalue weighted by Crippen LogP contribution is -2.40. The van der Waals surface area contributed by atoms with Gasteiger partial charge in [-0.15, -0.1) is 13.2 Å². The Kier molecular flexibility index (Phi) is 5.88. The van der Waals surface area contributed by atoms with E-state index in [1.807, 2.05) is 0 Å². The fraction of sp³-hybridized carbons (Fsp3) is 0.444. The summed E-state index contributed by atoms with van der Waals surface area (Å²) in [6, 6.07) is 0. The average Bonchev–Trinajstić information content (AvgIpc) is 2.12. The van der Waals surface area contributed by atoms with Crippen molar-refractivity contribution in [2.45, 2.75) is 0 Å². The molecule has 5 nitrogen and oxygen atoms in total. The number of hydrogen-bond donors (Lipinski definition) is 1. The summed E-state index contributed by atoms with van der Waals surface area (Å²) in [4.78, 5) is 11.2. The Morgan fingerprint density at radius 2 is 2.00 bits per heavy atom. The number of sulfonamides is 1. The third-order valence-electron chi connectivity index (χ3n) is 1.57. The van der Waals surface area contributed by atoms with Crippen molar-refractivity contribution in [1.29, 1.82) is 0 Å². The molecule has 1 amide bonds. The number of nitrogens with one attached hydrogen (secondary N) is 1. The zero-order valence-corrected chi connectivity index (χ0v) is 9.59. The maximum absolute atomic E-state index is 11.2. The van der Waals surface area contributed by atoms with E-state index in [-0.39, 0.29) is 19.0 Å². The molecule has 0 saturated heterocycles. The Labute approximate surface area is 90.5 Å². The summed E-state index contributed by atoms with van der Waals surface area (Å²) >= 11 is 0. The van der Waals surface area contributed by atoms with E-state index in [0.29, 0.717) is 6.54 Å². The molecule has 0 aliphatic heterocycles. The molecule has 0 saturated carbocycles. The second-order valence-corrected chi connectivity index (χ2v) is 4.92. The van der Waals surface area contributed by atoms with Crippen molar-refractivity contribution in [3.8, 4) is 0 Å². The number of hydrogen-bond acceptors (Lipinski definition) is 3. The van der Waals surface area contributed by atoms with Gasteiger partial charge in [0.2, 0.25) is 15.9 Å². The van der Waals surface area contributed by atoms with Crippen LogP contribution in [0.3, 0.4) is 0 Å². The Hall–Kier alpha value is -1.14. The maximum atomic E-state index is 11.2. The van der Waals surface area contributed by atoms with E-state index in [2.05, 4.69) is 18.5 Å². The number of amides is 1. The van der Waals surface area contributed by atoms with Gasteiger partial charge < -0.3 is 5.32 Å². The van der Waals surface area contributed by atoms with Gasteiger partial charge in [0.25, 0.3) is 0 Å². The Bertz CT molecular complexity index is 335. The zero-order valence-electron chi connectivity index (χ0n) is 8.77. The molecule has 0 bridgehead atoms. The molecule has 0 aromatic heterocycles. The molecule has 0 spiro atoms. The van der Waals surface area contributed by atoms with Gasteiger partial charge in [0, 0.05) is 13.1 Å². The highest BCUT2D eigenvalue weighted by Gasteiger charge is 2.17. The van der Waals surface area contributed by atoms with E-state index >= 15 is 0 Å². The van der Waals surface area contributed by atoms with E-state index in [4.69, 9.17) is 0 Å². The normalized spacial score (nSPS) is 11.1. The standard InChI is InChI=1S/C9H16N2O3S/c1-4-6-10-9(12)8-11(7-5-2)15(3,13)14/h4-5H,1-2,6-8H2,3H3,(H,10,12). The molecular formula is C9H16N2O3S. The smallest absolute Gasteiger partial charge is 0.235 e. The maximum Gasteiger partial charge on any atom is 0.235 e. The van der Waals surface area contributed by atoms with E-state index in [0.717, 1.165) is 10.6 Å². The number of carbonyl (C=O) groups excluding carboxylic acids is 1. The fourth-order valence-electron chi connectivity index (χ4n) is 0.863. The third kappa shape index (κ3) is 6.03. The molecule has 6 heteroatoms. The molecule has 0 aromatic carbocycles. The van der Waals surface area contributed by atoms with Crippen molar-refractivity contribution in [3.05, 3.63) is 25.3 Å². The topological polar surface area (TPSA) is 66.5 Å². The van der Waals surface area contributed by atoms with Crippen LogP contribution in [-0.2, 0) is 14.8 Å². The predicted octanol–water partition coefficient (Wildman–Crippen LogP) is -0.264. The minimum absolute atomic E-state index is 0.125. The van der Waals surface area contributed by atoms with Gasteiger partial charge in [-0.3, -0.25) is 4.79 Å². The minimum Gasteiger partial charge on any atom is -0.351 e. The Balaban J connectivity index is 4.35. The summed E-state index contributed by atoms with van der Waals surface area (Å²) in [7, 11) is -3.37. The van der Waals surface area contributed by atoms with Crippen LogP contribution in [-0.4, -0.2) is 44.5 Å². The first-order chi connectivity index (χ1) is 6.91. The van der Waals surface area contributed by atoms with Gasteiger partial charge in [-0.05, 0) is 0 Å². The largest absolute Gasteiger partial charge is 0.351 e. The van der Waals surface area contributed by atoms with Crippen LogP contribution in [0.5, 0.6) is 0 Å². The molecule has 0 unspecified atom stereocenters. The van der Waals surface area contributed by atoms with E-state index in [9.17, 15) is 13.2 Å². The number of rotatable bonds is 7. The molecular weight excluding hydrogens is 216 g/mol. The summed E-state index contributed by atoms with van der Waals surface area (Å²) in [5, 5.41) is 2.50. The molecule has 0 rings (SSSR count). The Morgan fingerprint density at radius 3 is 2.40 bits per heavy atom. The average molecular weight is 232 g/mol. The molecule has 0 heterocycles. The van der Waals surface area contributed by atoms with Crippen LogP contribution in [0, 0.1) is 0 Å². The van der Waals surface area contributed by atoms with Crippen molar-refractivity contribution < 1.29 is 13.2 Å². The highest BCUT2D eigenvalue weighted by molar-refractivity contribution is 7.88. The molecule has 15 heavy (non-hydrogen) atoms. The fourth-order valence-corrected chi connectivity index (χ4v) is 1.59. The third-order valence-corrected chi connectivity index (χ3v) is 2.78. The lowest BCUT2D eigenvalue weighted by atomic mass is 10.5. The van der Waals surface area contributed by atoms with Crippen molar-refractivity contribution >= 4 is 15.9 Å². The van der Waals surface area contributed by atoms with Crippen LogP contribution in [0.15, 0.2) is 25.3 Å². The lowest BCUT2D eigenvalue weighted by molar-refractivity contribution is -0.121. The molecule has 0 aliphatic rings. The Morgan fingerprint density at radius 1 is 1.40 bits per heavy atom. The van der Waals surface area contributed by atoms with Crippen LogP contribution in [0.25, 0.3) is 0 Å². The molecule has 86 valence electrons. The van der Waals surface area contributed by atoms with Crippen LogP contribution in [0.1, 0.15) is 0 Å². The predicted molar refractivity (Wildman–Crippen MR) is 59.8 cm³/mol. The van der Waals surface area contributed by atoms with E-state index < -0.39 is 10.0 Å². The van der Waals surface area contributed by atoms with Gasteiger partial charge in [0.15, 0.2) is 0 Å². The van der Waals surface area contributed by atoms with Crippen LogP contribution < -0.4 is 5.32 Å². The van der Waals surface area contributed by atoms with Gasteiger partial charge in [-0.2, -0.15) is 4.31 Å². The van der Waals surface area contributed by atoms with Crippen molar-refractivity contribution in [2.75, 3.05) is 25.9 Å². The summed E-state index contributed by atoms with van der Waals surface area (Å²) < 4.78 is 23.5. The van der Waals surface area contributed by atoms with Gasteiger partial charge >= 0.3 is 0 Å². The molecule has 0 aromatic rings. The van der Waals surface area contributed by atoms with Crippen LogP contribution in [0.4, 0.5) is 0 Å². The molecule has 0 fully saturated rings. The van der Waals surface area contributed by atoms with Gasteiger partial charge in [0.05, 0.1) is 12.8 Å². The van der Waals surface area contributed by atoms with Gasteiger partial charge in [-0.1, -0.05) is 12.2 Å². The van der Waals surface area contributed by atoms with Gasteiger partial charge in [-0.25, -0.2) is 8.42 Å². The van der Waals surface area contributed by atoms with Crippen molar-refractivity contribution in [1.82, 2.24) is 9.62 Å². The second kappa shape index (κ2) is 6.36. The molecule has 0 aliphatic carbocycles. The molecule has 0 radical (unpaired) electrons. The monoisotopic (exact) mass is 232 g/mol. The lowest BCUT2D eigenvalue weighted by Gasteiger charge is -2.17. The van der Waals surface area contributed by atoms with E-state index in [1.54, 1.807) is 0 Å². The van der Waals surface area contributed by atoms with Crippen molar-refractivity contribution in [2.24, 2.45) is 0 Å². The SMILES string of the molecule is C=CCNC(=O)CN(CC=C)S(C)(=O)=O. The van der Waals surface area contributed by atoms with Gasteiger partial charge in [0.1, 0.15) is 0 Å². The second-order valence-electron chi connectivity index (χ2n) is 2.94. The summed E-state index contributed by atoms with van der Waals surface area (Å²) in [5.41, 5.74) is 0. The summed E-state index contributed by atoms with van der Waals surface area (Å²) in [5.74, 6) is -0.359. The molecule has 0 atom stereocenters. The highest BCUT2D eigenvalue weighted by Crippen LogP contribution is 1.96. The summed E-state index contributed by atoms with van der Waals surface area (Å²) in [6.07, 6.45) is 4.01. The first kappa shape index (κ1) is 13.9. The summed E-state index contributed by atoms with van der Waals surface area (Å²) in [6.45, 7) is 7.12. The quantitative estimate of drug-likeness (QED) is 0.615. The van der Waals surface area contributed by atoms with E-state index in [1.165, 1.54) is 12.2 Å². The zero-order chi connectivity index (χ0) is 11.9. The van der Waals surface area contributed by atoms with Crippen LogP contribution >= 0.6 is 0 Å². The number of carbonyl (C=O) groups is 1. The first-order valence-corrected chi connectivity index (χ1v) is 6.20. The molecule has 1 N–H and O–H groups in total. The van der Waals surface area contributed by atoms with Crippen LogP contribution in [0.2, 0.25) is 0 Å². The number of nitrogens with zero attached hydrogens (tertiary/aromatic N) is 1. The first-order valence-electron chi connectivity index (χ1n) is 4.35.